The number of nitrogens with two attached hydrogens (primary N) is 1. The van der Waals surface area contributed by atoms with Gasteiger partial charge in [-0.1, -0.05) is 0 Å². The van der Waals surface area contributed by atoms with E-state index in [-0.39, 0.29) is 16.4 Å². The van der Waals surface area contributed by atoms with E-state index in [9.17, 15) is 12.8 Å². The first kappa shape index (κ1) is 15.3. The standard InChI is InChI=1S/C14H15FN2O3S/c1-9-7-10(15)3-5-13(9)20-11-4-6-14(12(16)8-11)21(18,19)17-2/h3-8,17H,16H2,1-2H3. The summed E-state index contributed by atoms with van der Waals surface area (Å²) < 4.78 is 44.2. The van der Waals surface area contributed by atoms with Gasteiger partial charge in [0.05, 0.1) is 5.69 Å². The highest BCUT2D eigenvalue weighted by atomic mass is 32.2. The van der Waals surface area contributed by atoms with Gasteiger partial charge < -0.3 is 10.5 Å². The first-order valence-electron chi connectivity index (χ1n) is 6.10. The number of hydrogen-bond acceptors (Lipinski definition) is 4. The Kier molecular flexibility index (Phi) is 4.15. The number of aryl methyl sites for hydroxylation is 1. The van der Waals surface area contributed by atoms with Crippen LogP contribution in [0.1, 0.15) is 5.56 Å². The molecule has 0 aliphatic heterocycles. The molecule has 0 radical (unpaired) electrons. The smallest absolute Gasteiger partial charge is 0.242 e. The Hall–Kier alpha value is -2.12. The summed E-state index contributed by atoms with van der Waals surface area (Å²) in [6.45, 7) is 1.71. The predicted octanol–water partition coefficient (Wildman–Crippen LogP) is 2.42. The fraction of sp³-hybridized carbons (Fsp3) is 0.143. The van der Waals surface area contributed by atoms with Crippen LogP contribution in [0.4, 0.5) is 10.1 Å². The van der Waals surface area contributed by atoms with Crippen molar-refractivity contribution in [3.63, 3.8) is 0 Å². The highest BCUT2D eigenvalue weighted by Gasteiger charge is 2.16. The molecular weight excluding hydrogens is 295 g/mol. The molecule has 0 saturated heterocycles. The van der Waals surface area contributed by atoms with Gasteiger partial charge in [0.25, 0.3) is 0 Å². The number of nitrogen functional groups attached to an aromatic ring is 1. The molecule has 2 rings (SSSR count). The molecule has 3 N–H and O–H groups in total. The van der Waals surface area contributed by atoms with E-state index in [2.05, 4.69) is 4.72 Å². The Bertz CT molecular complexity index is 776. The van der Waals surface area contributed by atoms with Gasteiger partial charge in [0.2, 0.25) is 10.0 Å². The summed E-state index contributed by atoms with van der Waals surface area (Å²) in [6.07, 6.45) is 0. The van der Waals surface area contributed by atoms with Gasteiger partial charge in [-0.3, -0.25) is 0 Å². The third-order valence-electron chi connectivity index (χ3n) is 2.90. The highest BCUT2D eigenvalue weighted by molar-refractivity contribution is 7.89. The number of halogens is 1. The van der Waals surface area contributed by atoms with Crippen LogP contribution in [0, 0.1) is 12.7 Å². The largest absolute Gasteiger partial charge is 0.457 e. The number of hydrogen-bond donors (Lipinski definition) is 2. The molecule has 0 unspecified atom stereocenters. The van der Waals surface area contributed by atoms with Crippen LogP contribution < -0.4 is 15.2 Å². The Morgan fingerprint density at radius 2 is 1.90 bits per heavy atom. The van der Waals surface area contributed by atoms with Crippen molar-refractivity contribution in [2.24, 2.45) is 0 Å². The average Bonchev–Trinajstić information content (AvgIpc) is 2.42. The van der Waals surface area contributed by atoms with Crippen LogP contribution in [0.15, 0.2) is 41.3 Å². The summed E-state index contributed by atoms with van der Waals surface area (Å²) in [5.74, 6) is 0.493. The maximum absolute atomic E-state index is 13.0. The third kappa shape index (κ3) is 3.32. The minimum absolute atomic E-state index is 0.0202. The van der Waals surface area contributed by atoms with E-state index >= 15 is 0 Å². The van der Waals surface area contributed by atoms with Crippen LogP contribution >= 0.6 is 0 Å². The molecule has 112 valence electrons. The van der Waals surface area contributed by atoms with Crippen molar-refractivity contribution in [3.05, 3.63) is 47.8 Å². The summed E-state index contributed by atoms with van der Waals surface area (Å²) in [4.78, 5) is -0.0202. The van der Waals surface area contributed by atoms with Crippen LogP contribution in [0.5, 0.6) is 11.5 Å². The number of benzene rings is 2. The molecule has 0 spiro atoms. The lowest BCUT2D eigenvalue weighted by Crippen LogP contribution is -2.19. The normalized spacial score (nSPS) is 11.4. The summed E-state index contributed by atoms with van der Waals surface area (Å²) in [5.41, 5.74) is 6.44. The lowest BCUT2D eigenvalue weighted by molar-refractivity contribution is 0.476. The third-order valence-corrected chi connectivity index (χ3v) is 4.39. The van der Waals surface area contributed by atoms with E-state index < -0.39 is 10.0 Å². The van der Waals surface area contributed by atoms with Gasteiger partial charge in [0.15, 0.2) is 0 Å². The zero-order valence-electron chi connectivity index (χ0n) is 11.6. The van der Waals surface area contributed by atoms with Crippen LogP contribution in [0.2, 0.25) is 0 Å². The van der Waals surface area contributed by atoms with Crippen LogP contribution in [-0.2, 0) is 10.0 Å². The van der Waals surface area contributed by atoms with Crippen LogP contribution in [0.3, 0.4) is 0 Å². The molecule has 0 aromatic heterocycles. The van der Waals surface area contributed by atoms with E-state index in [4.69, 9.17) is 10.5 Å². The maximum atomic E-state index is 13.0. The zero-order chi connectivity index (χ0) is 15.6. The van der Waals surface area contributed by atoms with Crippen molar-refractivity contribution in [3.8, 4) is 11.5 Å². The molecule has 0 atom stereocenters. The van der Waals surface area contributed by atoms with Crippen LogP contribution in [-0.4, -0.2) is 15.5 Å². The van der Waals surface area contributed by atoms with Crippen molar-refractivity contribution in [1.82, 2.24) is 4.72 Å². The number of rotatable bonds is 4. The van der Waals surface area contributed by atoms with Crippen LogP contribution in [0.25, 0.3) is 0 Å². The van der Waals surface area contributed by atoms with Gasteiger partial charge >= 0.3 is 0 Å². The van der Waals surface area contributed by atoms with Gasteiger partial charge in [0.1, 0.15) is 22.2 Å². The Morgan fingerprint density at radius 1 is 1.19 bits per heavy atom. The minimum Gasteiger partial charge on any atom is -0.457 e. The molecule has 2 aromatic rings. The Labute approximate surface area is 122 Å². The predicted molar refractivity (Wildman–Crippen MR) is 78.3 cm³/mol. The van der Waals surface area contributed by atoms with Crippen molar-refractivity contribution >= 4 is 15.7 Å². The second-order valence-electron chi connectivity index (χ2n) is 4.42. The van der Waals surface area contributed by atoms with E-state index in [1.165, 1.54) is 43.4 Å². The van der Waals surface area contributed by atoms with Crippen molar-refractivity contribution in [2.75, 3.05) is 12.8 Å². The lowest BCUT2D eigenvalue weighted by Gasteiger charge is -2.11. The SMILES string of the molecule is CNS(=O)(=O)c1ccc(Oc2ccc(F)cc2C)cc1N. The second-order valence-corrected chi connectivity index (χ2v) is 6.27. The van der Waals surface area contributed by atoms with Gasteiger partial charge in [-0.15, -0.1) is 0 Å². The Morgan fingerprint density at radius 3 is 2.48 bits per heavy atom. The number of nitrogens with one attached hydrogen (secondary N) is 1. The van der Waals surface area contributed by atoms with Gasteiger partial charge in [0, 0.05) is 6.07 Å². The highest BCUT2D eigenvalue weighted by Crippen LogP contribution is 2.29. The number of sulfonamides is 1. The monoisotopic (exact) mass is 310 g/mol. The molecule has 0 amide bonds. The molecule has 0 fully saturated rings. The summed E-state index contributed by atoms with van der Waals surface area (Å²) in [5, 5.41) is 0. The quantitative estimate of drug-likeness (QED) is 0.850. The van der Waals surface area contributed by atoms with Crippen molar-refractivity contribution < 1.29 is 17.5 Å². The molecule has 0 heterocycles. The molecule has 21 heavy (non-hydrogen) atoms. The zero-order valence-corrected chi connectivity index (χ0v) is 12.4. The summed E-state index contributed by atoms with van der Waals surface area (Å²) in [6, 6.07) is 8.38. The van der Waals surface area contributed by atoms with Gasteiger partial charge in [-0.05, 0) is 49.9 Å². The molecule has 0 aliphatic rings. The maximum Gasteiger partial charge on any atom is 0.242 e. The van der Waals surface area contributed by atoms with Gasteiger partial charge in [-0.25, -0.2) is 17.5 Å². The molecule has 5 nitrogen and oxygen atoms in total. The fourth-order valence-electron chi connectivity index (χ4n) is 1.80. The number of ether oxygens (including phenoxy) is 1. The van der Waals surface area contributed by atoms with E-state index in [1.54, 1.807) is 6.92 Å². The van der Waals surface area contributed by atoms with E-state index in [1.807, 2.05) is 0 Å². The lowest BCUT2D eigenvalue weighted by atomic mass is 10.2. The van der Waals surface area contributed by atoms with Crippen molar-refractivity contribution in [2.45, 2.75) is 11.8 Å². The fourth-order valence-corrected chi connectivity index (χ4v) is 2.64. The summed E-state index contributed by atoms with van der Waals surface area (Å²) in [7, 11) is -2.31. The molecule has 0 bridgehead atoms. The molecule has 7 heteroatoms. The molecule has 0 saturated carbocycles. The topological polar surface area (TPSA) is 81.4 Å². The number of anilines is 1. The second kappa shape index (κ2) is 5.71. The van der Waals surface area contributed by atoms with Gasteiger partial charge in [-0.2, -0.15) is 0 Å². The molecular formula is C14H15FN2O3S. The van der Waals surface area contributed by atoms with Crippen molar-refractivity contribution in [1.29, 1.82) is 0 Å². The summed E-state index contributed by atoms with van der Waals surface area (Å²) >= 11 is 0. The minimum atomic E-state index is -3.61. The van der Waals surface area contributed by atoms with E-state index in [0.717, 1.165) is 0 Å². The first-order chi connectivity index (χ1) is 9.83. The van der Waals surface area contributed by atoms with E-state index in [0.29, 0.717) is 17.1 Å². The average molecular weight is 310 g/mol. The molecule has 2 aromatic carbocycles. The molecule has 0 aliphatic carbocycles. The first-order valence-corrected chi connectivity index (χ1v) is 7.59. The Balaban J connectivity index is 2.33.